The molecule has 2 heteroatoms. The minimum Gasteiger partial charge on any atom is -0.192 e. The third kappa shape index (κ3) is 3.06. The van der Waals surface area contributed by atoms with E-state index in [1.807, 2.05) is 36.4 Å². The first kappa shape index (κ1) is 17.9. The van der Waals surface area contributed by atoms with Crippen LogP contribution in [0, 0.1) is 22.7 Å². The fraction of sp³-hybridized carbons (Fsp3) is 0.0714. The molecule has 1 aliphatic rings. The summed E-state index contributed by atoms with van der Waals surface area (Å²) in [5.74, 6) is 0.180. The zero-order valence-corrected chi connectivity index (χ0v) is 16.3. The highest BCUT2D eigenvalue weighted by Gasteiger charge is 2.21. The molecule has 0 aliphatic heterocycles. The van der Waals surface area contributed by atoms with Crippen LogP contribution in [0.15, 0.2) is 84.9 Å². The van der Waals surface area contributed by atoms with Gasteiger partial charge in [0.25, 0.3) is 0 Å². The Kier molecular flexibility index (Phi) is 4.40. The van der Waals surface area contributed by atoms with Crippen molar-refractivity contribution in [3.63, 3.8) is 0 Å². The third-order valence-electron chi connectivity index (χ3n) is 5.88. The molecule has 0 radical (unpaired) electrons. The normalized spacial score (nSPS) is 14.3. The molecule has 4 aromatic carbocycles. The van der Waals surface area contributed by atoms with E-state index in [9.17, 15) is 0 Å². The number of nitriles is 2. The van der Waals surface area contributed by atoms with E-state index in [-0.39, 0.29) is 5.92 Å². The van der Waals surface area contributed by atoms with Crippen molar-refractivity contribution in [2.24, 2.45) is 0 Å². The number of benzene rings is 4. The molecule has 2 nitrogen and oxygen atoms in total. The van der Waals surface area contributed by atoms with Crippen molar-refractivity contribution in [3.05, 3.63) is 124 Å². The first-order valence-electron chi connectivity index (χ1n) is 9.98. The Morgan fingerprint density at radius 1 is 0.733 bits per heavy atom. The summed E-state index contributed by atoms with van der Waals surface area (Å²) in [5.41, 5.74) is 7.63. The lowest BCUT2D eigenvalue weighted by Gasteiger charge is -2.24. The Hall–Kier alpha value is -4.14. The number of allylic oxidation sites excluding steroid dienone is 1. The van der Waals surface area contributed by atoms with Crippen molar-refractivity contribution in [2.75, 3.05) is 0 Å². The summed E-state index contributed by atoms with van der Waals surface area (Å²) >= 11 is 0. The van der Waals surface area contributed by atoms with Crippen LogP contribution in [0.4, 0.5) is 0 Å². The molecular weight excluding hydrogens is 364 g/mol. The van der Waals surface area contributed by atoms with Crippen molar-refractivity contribution < 1.29 is 0 Å². The van der Waals surface area contributed by atoms with Crippen LogP contribution in [0.5, 0.6) is 0 Å². The van der Waals surface area contributed by atoms with Gasteiger partial charge in [0.2, 0.25) is 0 Å². The minimum absolute atomic E-state index is 0.180. The SMILES string of the molecule is N#Cc1ccc(Cc2ccc3cccc4c3c2C=CC4c2ccc(C#N)cc2)cc1. The average Bonchev–Trinajstić information content (AvgIpc) is 2.81. The van der Waals surface area contributed by atoms with E-state index in [0.717, 1.165) is 6.42 Å². The van der Waals surface area contributed by atoms with Crippen LogP contribution in [0.1, 0.15) is 44.9 Å². The predicted octanol–water partition coefficient (Wildman–Crippen LogP) is 6.33. The van der Waals surface area contributed by atoms with Crippen LogP contribution in [-0.2, 0) is 6.42 Å². The van der Waals surface area contributed by atoms with Crippen LogP contribution in [0.2, 0.25) is 0 Å². The highest BCUT2D eigenvalue weighted by Crippen LogP contribution is 2.40. The molecule has 1 unspecified atom stereocenters. The Morgan fingerprint density at radius 2 is 1.43 bits per heavy atom. The van der Waals surface area contributed by atoms with Gasteiger partial charge >= 0.3 is 0 Å². The van der Waals surface area contributed by atoms with E-state index in [1.54, 1.807) is 0 Å². The summed E-state index contributed by atoms with van der Waals surface area (Å²) in [4.78, 5) is 0. The van der Waals surface area contributed by atoms with Gasteiger partial charge in [0.05, 0.1) is 23.3 Å². The van der Waals surface area contributed by atoms with E-state index in [4.69, 9.17) is 10.5 Å². The van der Waals surface area contributed by atoms with Crippen LogP contribution >= 0.6 is 0 Å². The quantitative estimate of drug-likeness (QED) is 0.415. The third-order valence-corrected chi connectivity index (χ3v) is 5.88. The lowest BCUT2D eigenvalue weighted by molar-refractivity contribution is 1.03. The highest BCUT2D eigenvalue weighted by molar-refractivity contribution is 5.97. The summed E-state index contributed by atoms with van der Waals surface area (Å²) in [5, 5.41) is 20.7. The molecule has 1 atom stereocenters. The largest absolute Gasteiger partial charge is 0.192 e. The maximum Gasteiger partial charge on any atom is 0.0991 e. The predicted molar refractivity (Wildman–Crippen MR) is 120 cm³/mol. The summed E-state index contributed by atoms with van der Waals surface area (Å²) in [6.45, 7) is 0. The fourth-order valence-corrected chi connectivity index (χ4v) is 4.35. The van der Waals surface area contributed by atoms with Gasteiger partial charge in [-0.05, 0) is 69.3 Å². The van der Waals surface area contributed by atoms with Crippen molar-refractivity contribution in [2.45, 2.75) is 12.3 Å². The van der Waals surface area contributed by atoms with Crippen LogP contribution in [0.3, 0.4) is 0 Å². The van der Waals surface area contributed by atoms with Gasteiger partial charge in [0.15, 0.2) is 0 Å². The molecule has 0 bridgehead atoms. The smallest absolute Gasteiger partial charge is 0.0991 e. The lowest BCUT2D eigenvalue weighted by Crippen LogP contribution is -2.05. The first-order chi connectivity index (χ1) is 14.8. The molecule has 0 amide bonds. The van der Waals surface area contributed by atoms with Crippen molar-refractivity contribution in [3.8, 4) is 12.1 Å². The number of nitrogens with zero attached hydrogens (tertiary/aromatic N) is 2. The van der Waals surface area contributed by atoms with Gasteiger partial charge in [-0.15, -0.1) is 0 Å². The monoisotopic (exact) mass is 382 g/mol. The maximum atomic E-state index is 9.09. The number of hydrogen-bond acceptors (Lipinski definition) is 2. The van der Waals surface area contributed by atoms with Crippen LogP contribution in [0.25, 0.3) is 16.8 Å². The fourth-order valence-electron chi connectivity index (χ4n) is 4.35. The van der Waals surface area contributed by atoms with E-state index in [1.165, 1.54) is 38.6 Å². The van der Waals surface area contributed by atoms with Gasteiger partial charge < -0.3 is 0 Å². The van der Waals surface area contributed by atoms with Gasteiger partial charge in [0.1, 0.15) is 0 Å². The van der Waals surface area contributed by atoms with Crippen LogP contribution < -0.4 is 0 Å². The summed E-state index contributed by atoms with van der Waals surface area (Å²) in [6, 6.07) is 31.0. The molecule has 0 saturated carbocycles. The Labute approximate surface area is 176 Å². The molecule has 0 N–H and O–H groups in total. The highest BCUT2D eigenvalue weighted by atomic mass is 14.3. The Morgan fingerprint density at radius 3 is 2.13 bits per heavy atom. The molecular formula is C28H18N2. The molecule has 0 aromatic heterocycles. The molecule has 1 aliphatic carbocycles. The first-order valence-corrected chi connectivity index (χ1v) is 9.98. The van der Waals surface area contributed by atoms with Gasteiger partial charge in [-0.2, -0.15) is 10.5 Å². The van der Waals surface area contributed by atoms with Crippen molar-refractivity contribution in [1.82, 2.24) is 0 Å². The molecule has 0 heterocycles. The molecule has 4 aromatic rings. The standard InChI is InChI=1S/C28H18N2/c29-17-20-6-4-19(5-7-20)16-24-13-12-23-2-1-3-27-25(14-15-26(24)28(23)27)22-10-8-21(18-30)9-11-22/h1-15,25H,16H2. The van der Waals surface area contributed by atoms with Crippen LogP contribution in [-0.4, -0.2) is 0 Å². The Bertz CT molecular complexity index is 1360. The molecule has 0 saturated heterocycles. The van der Waals surface area contributed by atoms with Crippen molar-refractivity contribution in [1.29, 1.82) is 10.5 Å². The number of rotatable bonds is 3. The zero-order chi connectivity index (χ0) is 20.5. The van der Waals surface area contributed by atoms with E-state index in [2.05, 4.69) is 66.8 Å². The summed E-state index contributed by atoms with van der Waals surface area (Å²) < 4.78 is 0. The molecule has 5 rings (SSSR count). The molecule has 30 heavy (non-hydrogen) atoms. The van der Waals surface area contributed by atoms with Crippen molar-refractivity contribution >= 4 is 16.8 Å². The summed E-state index contributed by atoms with van der Waals surface area (Å²) in [7, 11) is 0. The molecule has 140 valence electrons. The Balaban J connectivity index is 1.59. The average molecular weight is 382 g/mol. The van der Waals surface area contributed by atoms with E-state index >= 15 is 0 Å². The maximum absolute atomic E-state index is 9.09. The van der Waals surface area contributed by atoms with Gasteiger partial charge in [-0.25, -0.2) is 0 Å². The van der Waals surface area contributed by atoms with E-state index < -0.39 is 0 Å². The topological polar surface area (TPSA) is 47.6 Å². The van der Waals surface area contributed by atoms with E-state index in [0.29, 0.717) is 11.1 Å². The number of hydrogen-bond donors (Lipinski definition) is 0. The lowest BCUT2D eigenvalue weighted by atomic mass is 9.80. The second-order valence-electron chi connectivity index (χ2n) is 7.64. The second kappa shape index (κ2) is 7.36. The second-order valence-corrected chi connectivity index (χ2v) is 7.64. The zero-order valence-electron chi connectivity index (χ0n) is 16.3. The summed E-state index contributed by atoms with van der Waals surface area (Å²) in [6.07, 6.45) is 5.34. The molecule has 0 fully saturated rings. The van der Waals surface area contributed by atoms with Gasteiger partial charge in [0, 0.05) is 5.92 Å². The van der Waals surface area contributed by atoms with Gasteiger partial charge in [-0.1, -0.05) is 66.7 Å². The molecule has 0 spiro atoms. The van der Waals surface area contributed by atoms with Gasteiger partial charge in [-0.3, -0.25) is 0 Å². The minimum atomic E-state index is 0.180.